The maximum absolute atomic E-state index is 12.7. The smallest absolute Gasteiger partial charge is 0.410 e. The van der Waals surface area contributed by atoms with E-state index in [0.717, 1.165) is 21.7 Å². The minimum absolute atomic E-state index is 0.0648. The van der Waals surface area contributed by atoms with Crippen molar-refractivity contribution in [3.63, 3.8) is 0 Å². The lowest BCUT2D eigenvalue weighted by Crippen LogP contribution is -2.43. The largest absolute Gasteiger partial charge is 0.444 e. The average Bonchev–Trinajstić information content (AvgIpc) is 3.14. The number of halogens is 1. The molecule has 2 aromatic rings. The second-order valence-electron chi connectivity index (χ2n) is 8.43. The van der Waals surface area contributed by atoms with Crippen molar-refractivity contribution < 1.29 is 19.1 Å². The number of rotatable bonds is 5. The zero-order chi connectivity index (χ0) is 21.2. The van der Waals surface area contributed by atoms with Crippen LogP contribution in [0.2, 0.25) is 0 Å². The van der Waals surface area contributed by atoms with E-state index in [1.165, 1.54) is 4.90 Å². The number of fused-ring (bicyclic) bond motifs is 1. The Hall–Kier alpha value is -2.21. The molecule has 154 valence electrons. The van der Waals surface area contributed by atoms with Crippen molar-refractivity contribution in [2.75, 3.05) is 6.54 Å². The molecule has 1 saturated heterocycles. The molecule has 2 aromatic carbocycles. The number of Topliss-reactive ketones (excluding diaryl/α,β-unsaturated/α-hetero) is 2. The van der Waals surface area contributed by atoms with Gasteiger partial charge in [0.25, 0.3) is 0 Å². The van der Waals surface area contributed by atoms with Crippen LogP contribution >= 0.6 is 15.9 Å². The van der Waals surface area contributed by atoms with Gasteiger partial charge in [-0.3, -0.25) is 14.5 Å². The Balaban J connectivity index is 1.61. The van der Waals surface area contributed by atoms with Crippen LogP contribution < -0.4 is 0 Å². The van der Waals surface area contributed by atoms with Crippen molar-refractivity contribution in [3.05, 3.63) is 46.4 Å². The molecule has 0 aromatic heterocycles. The van der Waals surface area contributed by atoms with Crippen LogP contribution in [0.4, 0.5) is 4.79 Å². The number of ketones is 2. The van der Waals surface area contributed by atoms with Gasteiger partial charge in [-0.1, -0.05) is 34.1 Å². The first-order valence-corrected chi connectivity index (χ1v) is 10.7. The molecule has 0 aliphatic carbocycles. The summed E-state index contributed by atoms with van der Waals surface area (Å²) < 4.78 is 6.40. The zero-order valence-electron chi connectivity index (χ0n) is 17.0. The number of hydrogen-bond donors (Lipinski definition) is 0. The van der Waals surface area contributed by atoms with E-state index in [2.05, 4.69) is 15.9 Å². The highest BCUT2D eigenvalue weighted by Gasteiger charge is 2.36. The lowest BCUT2D eigenvalue weighted by atomic mass is 9.99. The van der Waals surface area contributed by atoms with Crippen LogP contribution in [0.15, 0.2) is 40.9 Å². The van der Waals surface area contributed by atoms with Crippen molar-refractivity contribution in [2.45, 2.75) is 58.1 Å². The maximum atomic E-state index is 12.7. The summed E-state index contributed by atoms with van der Waals surface area (Å²) >= 11 is 3.44. The Morgan fingerprint density at radius 3 is 2.48 bits per heavy atom. The Kier molecular flexibility index (Phi) is 6.42. The molecule has 0 saturated carbocycles. The minimum Gasteiger partial charge on any atom is -0.444 e. The second-order valence-corrected chi connectivity index (χ2v) is 9.34. The van der Waals surface area contributed by atoms with E-state index in [1.54, 1.807) is 26.8 Å². The molecule has 0 bridgehead atoms. The third-order valence-electron chi connectivity index (χ3n) is 4.98. The molecule has 1 atom stereocenters. The lowest BCUT2D eigenvalue weighted by Gasteiger charge is -2.28. The summed E-state index contributed by atoms with van der Waals surface area (Å²) in [6.45, 7) is 5.93. The number of amides is 1. The summed E-state index contributed by atoms with van der Waals surface area (Å²) in [5.41, 5.74) is -0.00224. The first-order valence-electron chi connectivity index (χ1n) is 9.89. The van der Waals surface area contributed by atoms with Gasteiger partial charge in [-0.2, -0.15) is 0 Å². The maximum Gasteiger partial charge on any atom is 0.410 e. The number of benzene rings is 2. The third kappa shape index (κ3) is 5.44. The Labute approximate surface area is 179 Å². The van der Waals surface area contributed by atoms with Crippen LogP contribution in [-0.2, 0) is 9.53 Å². The summed E-state index contributed by atoms with van der Waals surface area (Å²) in [5, 5.41) is 2.03. The van der Waals surface area contributed by atoms with E-state index in [1.807, 2.05) is 30.3 Å². The Morgan fingerprint density at radius 1 is 1.07 bits per heavy atom. The average molecular weight is 460 g/mol. The van der Waals surface area contributed by atoms with Crippen LogP contribution in [0.5, 0.6) is 0 Å². The summed E-state index contributed by atoms with van der Waals surface area (Å²) in [7, 11) is 0. The van der Waals surface area contributed by atoms with Crippen molar-refractivity contribution in [2.24, 2.45) is 0 Å². The summed E-state index contributed by atoms with van der Waals surface area (Å²) in [6, 6.07) is 11.0. The van der Waals surface area contributed by atoms with Gasteiger partial charge in [0.15, 0.2) is 11.6 Å². The van der Waals surface area contributed by atoms with Gasteiger partial charge in [0.2, 0.25) is 0 Å². The van der Waals surface area contributed by atoms with E-state index >= 15 is 0 Å². The molecule has 1 aliphatic heterocycles. The molecule has 6 heteroatoms. The van der Waals surface area contributed by atoms with Crippen LogP contribution in [0, 0.1) is 0 Å². The van der Waals surface area contributed by atoms with Gasteiger partial charge in [0, 0.05) is 29.4 Å². The zero-order valence-corrected chi connectivity index (χ0v) is 18.6. The highest BCUT2D eigenvalue weighted by Crippen LogP contribution is 2.24. The van der Waals surface area contributed by atoms with E-state index in [0.29, 0.717) is 18.5 Å². The number of carbonyl (C=O) groups is 3. The van der Waals surface area contributed by atoms with Crippen molar-refractivity contribution >= 4 is 44.4 Å². The fourth-order valence-electron chi connectivity index (χ4n) is 3.58. The number of nitrogens with zero attached hydrogens (tertiary/aromatic N) is 1. The van der Waals surface area contributed by atoms with E-state index in [-0.39, 0.29) is 24.4 Å². The molecular formula is C23H26BrNO4. The summed E-state index contributed by atoms with van der Waals surface area (Å²) in [4.78, 5) is 39.2. The fourth-order valence-corrected chi connectivity index (χ4v) is 3.96. The van der Waals surface area contributed by atoms with Gasteiger partial charge in [-0.05, 0) is 62.6 Å². The second kappa shape index (κ2) is 8.66. The highest BCUT2D eigenvalue weighted by atomic mass is 79.9. The van der Waals surface area contributed by atoms with E-state index in [4.69, 9.17) is 4.74 Å². The lowest BCUT2D eigenvalue weighted by molar-refractivity contribution is -0.123. The normalized spacial score (nSPS) is 16.8. The predicted octanol–water partition coefficient (Wildman–Crippen LogP) is 5.53. The fraction of sp³-hybridized carbons (Fsp3) is 0.435. The van der Waals surface area contributed by atoms with Crippen LogP contribution in [-0.4, -0.2) is 40.7 Å². The molecule has 5 nitrogen and oxygen atoms in total. The molecule has 0 radical (unpaired) electrons. The van der Waals surface area contributed by atoms with E-state index < -0.39 is 17.7 Å². The van der Waals surface area contributed by atoms with Gasteiger partial charge in [-0.25, -0.2) is 4.79 Å². The minimum atomic E-state index is -0.602. The highest BCUT2D eigenvalue weighted by molar-refractivity contribution is 9.10. The molecule has 0 spiro atoms. The van der Waals surface area contributed by atoms with Crippen molar-refractivity contribution in [1.29, 1.82) is 0 Å². The Morgan fingerprint density at radius 2 is 1.76 bits per heavy atom. The van der Waals surface area contributed by atoms with Crippen LogP contribution in [0.3, 0.4) is 0 Å². The molecule has 1 aliphatic rings. The third-order valence-corrected chi connectivity index (χ3v) is 5.47. The van der Waals surface area contributed by atoms with Gasteiger partial charge in [-0.15, -0.1) is 0 Å². The topological polar surface area (TPSA) is 63.7 Å². The van der Waals surface area contributed by atoms with Crippen LogP contribution in [0.25, 0.3) is 10.8 Å². The molecule has 3 rings (SSSR count). The number of hydrogen-bond acceptors (Lipinski definition) is 4. The Bertz CT molecular complexity index is 948. The van der Waals surface area contributed by atoms with Crippen LogP contribution in [0.1, 0.15) is 56.8 Å². The summed E-state index contributed by atoms with van der Waals surface area (Å²) in [6.07, 6.45) is 1.20. The van der Waals surface area contributed by atoms with Crippen molar-refractivity contribution in [3.8, 4) is 0 Å². The predicted molar refractivity (Wildman–Crippen MR) is 116 cm³/mol. The number of ether oxygens (including phenoxy) is 1. The van der Waals surface area contributed by atoms with Gasteiger partial charge >= 0.3 is 6.09 Å². The quantitative estimate of drug-likeness (QED) is 0.550. The summed E-state index contributed by atoms with van der Waals surface area (Å²) in [5.74, 6) is -0.142. The molecule has 1 amide bonds. The molecule has 0 N–H and O–H groups in total. The van der Waals surface area contributed by atoms with Gasteiger partial charge in [0.05, 0.1) is 6.04 Å². The first kappa shape index (κ1) is 21.5. The molecular weight excluding hydrogens is 434 g/mol. The SMILES string of the molecule is CC(C)(C)OC(=O)N1CCCC1C(=O)CCC(=O)c1ccc2cc(Br)ccc2c1. The number of likely N-dealkylation sites (tertiary alicyclic amines) is 1. The van der Waals surface area contributed by atoms with E-state index in [9.17, 15) is 14.4 Å². The molecule has 1 fully saturated rings. The standard InChI is InChI=1S/C23H26BrNO4/c1-23(2,3)29-22(28)25-12-4-5-19(25)21(27)11-10-20(26)17-7-6-16-14-18(24)9-8-15(16)13-17/h6-9,13-14,19H,4-5,10-12H2,1-3H3. The van der Waals surface area contributed by atoms with Crippen molar-refractivity contribution in [1.82, 2.24) is 4.90 Å². The monoisotopic (exact) mass is 459 g/mol. The molecule has 1 unspecified atom stereocenters. The molecule has 29 heavy (non-hydrogen) atoms. The molecule has 1 heterocycles. The first-order chi connectivity index (χ1) is 13.6. The van der Waals surface area contributed by atoms with Gasteiger partial charge in [0.1, 0.15) is 5.60 Å². The number of carbonyl (C=O) groups excluding carboxylic acids is 3. The van der Waals surface area contributed by atoms with Gasteiger partial charge < -0.3 is 4.74 Å².